The fourth-order valence-electron chi connectivity index (χ4n) is 1.37. The van der Waals surface area contributed by atoms with Crippen LogP contribution in [0.25, 0.3) is 0 Å². The van der Waals surface area contributed by atoms with Crippen LogP contribution in [0.15, 0.2) is 27.8 Å². The zero-order valence-electron chi connectivity index (χ0n) is 9.73. The lowest BCUT2D eigenvalue weighted by Crippen LogP contribution is -1.88. The largest absolute Gasteiger partial charge is 0.508 e. The van der Waals surface area contributed by atoms with Crippen molar-refractivity contribution in [2.75, 3.05) is 5.73 Å². The number of phenolic OH excluding ortho intramolecular Hbond substituents is 1. The number of benzene rings is 1. The highest BCUT2D eigenvalue weighted by Gasteiger charge is 2.08. The predicted octanol–water partition coefficient (Wildman–Crippen LogP) is 2.87. The Morgan fingerprint density at radius 3 is 2.82 bits per heavy atom. The van der Waals surface area contributed by atoms with Gasteiger partial charge in [-0.25, -0.2) is 4.98 Å². The third-order valence-corrected chi connectivity index (χ3v) is 3.34. The smallest absolute Gasteiger partial charge is 0.256 e. The van der Waals surface area contributed by atoms with E-state index in [-0.39, 0.29) is 5.75 Å². The average molecular weight is 250 g/mol. The van der Waals surface area contributed by atoms with Crippen LogP contribution in [0.2, 0.25) is 0 Å². The maximum atomic E-state index is 9.65. The van der Waals surface area contributed by atoms with Gasteiger partial charge in [0.15, 0.2) is 0 Å². The van der Waals surface area contributed by atoms with Gasteiger partial charge in [-0.1, -0.05) is 11.8 Å². The standard InChI is InChI=1S/C12H14N2O2S/c1-7-8(2)16-12(14-7)17-6-9-5-10(13)3-4-11(9)15/h3-5,15H,6,13H2,1-2H3. The van der Waals surface area contributed by atoms with E-state index in [1.54, 1.807) is 18.2 Å². The van der Waals surface area contributed by atoms with Gasteiger partial charge < -0.3 is 15.3 Å². The van der Waals surface area contributed by atoms with Gasteiger partial charge >= 0.3 is 0 Å². The first-order valence-corrected chi connectivity index (χ1v) is 6.19. The topological polar surface area (TPSA) is 72.3 Å². The van der Waals surface area contributed by atoms with Crippen LogP contribution in [0.3, 0.4) is 0 Å². The molecule has 17 heavy (non-hydrogen) atoms. The molecule has 3 N–H and O–H groups in total. The molecule has 0 amide bonds. The van der Waals surface area contributed by atoms with Gasteiger partial charge in [-0.15, -0.1) is 0 Å². The molecule has 0 aliphatic heterocycles. The molecule has 0 fully saturated rings. The Hall–Kier alpha value is -1.62. The van der Waals surface area contributed by atoms with Gasteiger partial charge in [0.05, 0.1) is 5.69 Å². The summed E-state index contributed by atoms with van der Waals surface area (Å²) in [5, 5.41) is 10.3. The van der Waals surface area contributed by atoms with Crippen molar-refractivity contribution in [2.24, 2.45) is 0 Å². The number of nitrogen functional groups attached to an aromatic ring is 1. The fraction of sp³-hybridized carbons (Fsp3) is 0.250. The molecule has 2 aromatic rings. The minimum Gasteiger partial charge on any atom is -0.508 e. The Kier molecular flexibility index (Phi) is 3.28. The lowest BCUT2D eigenvalue weighted by molar-refractivity contribution is 0.431. The number of thioether (sulfide) groups is 1. The summed E-state index contributed by atoms with van der Waals surface area (Å²) < 4.78 is 5.45. The molecule has 90 valence electrons. The predicted molar refractivity (Wildman–Crippen MR) is 68.1 cm³/mol. The normalized spacial score (nSPS) is 10.7. The highest BCUT2D eigenvalue weighted by Crippen LogP contribution is 2.29. The molecule has 1 aromatic heterocycles. The van der Waals surface area contributed by atoms with E-state index >= 15 is 0 Å². The van der Waals surface area contributed by atoms with Crippen LogP contribution in [-0.4, -0.2) is 10.1 Å². The molecule has 0 aliphatic carbocycles. The van der Waals surface area contributed by atoms with Crippen molar-refractivity contribution >= 4 is 17.4 Å². The number of phenols is 1. The summed E-state index contributed by atoms with van der Waals surface area (Å²) >= 11 is 1.44. The summed E-state index contributed by atoms with van der Waals surface area (Å²) in [7, 11) is 0. The second-order valence-electron chi connectivity index (χ2n) is 3.80. The molecule has 0 spiro atoms. The number of nitrogens with two attached hydrogens (primary N) is 1. The van der Waals surface area contributed by atoms with E-state index in [0.717, 1.165) is 17.0 Å². The quantitative estimate of drug-likeness (QED) is 0.498. The van der Waals surface area contributed by atoms with Crippen LogP contribution in [0.5, 0.6) is 5.75 Å². The van der Waals surface area contributed by atoms with E-state index in [1.807, 2.05) is 13.8 Å². The van der Waals surface area contributed by atoms with Crippen molar-refractivity contribution in [3.63, 3.8) is 0 Å². The van der Waals surface area contributed by atoms with E-state index < -0.39 is 0 Å². The zero-order valence-corrected chi connectivity index (χ0v) is 10.5. The first kappa shape index (κ1) is 11.9. The van der Waals surface area contributed by atoms with Crippen molar-refractivity contribution in [1.29, 1.82) is 0 Å². The second kappa shape index (κ2) is 4.71. The van der Waals surface area contributed by atoms with Crippen molar-refractivity contribution in [2.45, 2.75) is 24.8 Å². The number of nitrogens with zero attached hydrogens (tertiary/aromatic N) is 1. The van der Waals surface area contributed by atoms with Crippen molar-refractivity contribution in [3.05, 3.63) is 35.2 Å². The average Bonchev–Trinajstić information content (AvgIpc) is 2.60. The SMILES string of the molecule is Cc1nc(SCc2cc(N)ccc2O)oc1C. The molecule has 0 bridgehead atoms. The molecule has 0 saturated heterocycles. The van der Waals surface area contributed by atoms with E-state index in [1.165, 1.54) is 11.8 Å². The summed E-state index contributed by atoms with van der Waals surface area (Å²) in [6.45, 7) is 3.78. The number of oxazole rings is 1. The Balaban J connectivity index is 2.09. The van der Waals surface area contributed by atoms with Gasteiger partial charge in [-0.2, -0.15) is 0 Å². The zero-order chi connectivity index (χ0) is 12.4. The van der Waals surface area contributed by atoms with Gasteiger partial charge in [-0.05, 0) is 32.0 Å². The van der Waals surface area contributed by atoms with E-state index in [2.05, 4.69) is 4.98 Å². The minimum absolute atomic E-state index is 0.242. The summed E-state index contributed by atoms with van der Waals surface area (Å²) in [6.07, 6.45) is 0. The van der Waals surface area contributed by atoms with Crippen molar-refractivity contribution in [3.8, 4) is 5.75 Å². The van der Waals surface area contributed by atoms with Gasteiger partial charge in [0.2, 0.25) is 0 Å². The Morgan fingerprint density at radius 2 is 2.18 bits per heavy atom. The number of aromatic nitrogens is 1. The summed E-state index contributed by atoms with van der Waals surface area (Å²) in [5.74, 6) is 1.65. The van der Waals surface area contributed by atoms with Crippen molar-refractivity contribution < 1.29 is 9.52 Å². The highest BCUT2D eigenvalue weighted by molar-refractivity contribution is 7.98. The highest BCUT2D eigenvalue weighted by atomic mass is 32.2. The second-order valence-corrected chi connectivity index (χ2v) is 4.72. The molecule has 0 unspecified atom stereocenters. The molecule has 1 aromatic carbocycles. The number of hydrogen-bond acceptors (Lipinski definition) is 5. The van der Waals surface area contributed by atoms with Crippen molar-refractivity contribution in [1.82, 2.24) is 4.98 Å². The van der Waals surface area contributed by atoms with Crippen LogP contribution >= 0.6 is 11.8 Å². The molecule has 2 rings (SSSR count). The van der Waals surface area contributed by atoms with Crippen LogP contribution < -0.4 is 5.73 Å². The van der Waals surface area contributed by atoms with Crippen LogP contribution in [0.1, 0.15) is 17.0 Å². The van der Waals surface area contributed by atoms with Crippen LogP contribution in [-0.2, 0) is 5.75 Å². The first-order valence-electron chi connectivity index (χ1n) is 5.20. The summed E-state index contributed by atoms with van der Waals surface area (Å²) in [6, 6.07) is 5.02. The number of anilines is 1. The maximum Gasteiger partial charge on any atom is 0.256 e. The van der Waals surface area contributed by atoms with Gasteiger partial charge in [0, 0.05) is 17.0 Å². The van der Waals surface area contributed by atoms with E-state index in [0.29, 0.717) is 16.7 Å². The molecule has 0 aliphatic rings. The van der Waals surface area contributed by atoms with E-state index in [4.69, 9.17) is 10.2 Å². The monoisotopic (exact) mass is 250 g/mol. The molecular formula is C12H14N2O2S. The first-order chi connectivity index (χ1) is 8.06. The van der Waals surface area contributed by atoms with Gasteiger partial charge in [-0.3, -0.25) is 0 Å². The molecular weight excluding hydrogens is 236 g/mol. The summed E-state index contributed by atoms with van der Waals surface area (Å²) in [4.78, 5) is 4.26. The number of rotatable bonds is 3. The molecule has 0 atom stereocenters. The van der Waals surface area contributed by atoms with Crippen LogP contribution in [0.4, 0.5) is 5.69 Å². The van der Waals surface area contributed by atoms with Gasteiger partial charge in [0.25, 0.3) is 5.22 Å². The lowest BCUT2D eigenvalue weighted by Gasteiger charge is -2.03. The third-order valence-electron chi connectivity index (χ3n) is 2.46. The molecule has 1 heterocycles. The number of aryl methyl sites for hydroxylation is 2. The molecule has 5 heteroatoms. The maximum absolute atomic E-state index is 9.65. The summed E-state index contributed by atoms with van der Waals surface area (Å²) in [5.41, 5.74) is 7.98. The molecule has 0 saturated carbocycles. The Labute approximate surface area is 104 Å². The number of aromatic hydroxyl groups is 1. The Morgan fingerprint density at radius 1 is 1.41 bits per heavy atom. The minimum atomic E-state index is 0.242. The molecule has 4 nitrogen and oxygen atoms in total. The van der Waals surface area contributed by atoms with Gasteiger partial charge in [0.1, 0.15) is 11.5 Å². The lowest BCUT2D eigenvalue weighted by atomic mass is 10.2. The molecule has 0 radical (unpaired) electrons. The number of hydrogen-bond donors (Lipinski definition) is 2. The van der Waals surface area contributed by atoms with Crippen LogP contribution in [0, 0.1) is 13.8 Å². The Bertz CT molecular complexity index is 518. The fourth-order valence-corrected chi connectivity index (χ4v) is 2.26. The van der Waals surface area contributed by atoms with E-state index in [9.17, 15) is 5.11 Å². The third kappa shape index (κ3) is 2.74.